The molecule has 1 aromatic carbocycles. The van der Waals surface area contributed by atoms with Crippen LogP contribution in [0.4, 0.5) is 5.69 Å². The van der Waals surface area contributed by atoms with E-state index in [1.54, 1.807) is 6.20 Å². The van der Waals surface area contributed by atoms with Crippen LogP contribution in [0.5, 0.6) is 0 Å². The van der Waals surface area contributed by atoms with Crippen molar-refractivity contribution in [1.29, 1.82) is 0 Å². The second-order valence-electron chi connectivity index (χ2n) is 6.97. The second kappa shape index (κ2) is 7.25. The first kappa shape index (κ1) is 16.7. The first-order chi connectivity index (χ1) is 12.7. The molecule has 2 aromatic heterocycles. The number of hydrogen-bond acceptors (Lipinski definition) is 6. The Hall–Kier alpha value is -2.73. The topological polar surface area (TPSA) is 58.3 Å². The molecule has 1 aliphatic heterocycles. The molecule has 1 saturated heterocycles. The van der Waals surface area contributed by atoms with Crippen LogP contribution in [0, 0.1) is 0 Å². The van der Waals surface area contributed by atoms with Crippen LogP contribution in [0.3, 0.4) is 0 Å². The van der Waals surface area contributed by atoms with Gasteiger partial charge in [-0.15, -0.1) is 10.2 Å². The van der Waals surface area contributed by atoms with Crippen molar-refractivity contribution in [3.05, 3.63) is 60.2 Å². The van der Waals surface area contributed by atoms with Gasteiger partial charge in [-0.3, -0.25) is 9.88 Å². The lowest BCUT2D eigenvalue weighted by molar-refractivity contribution is 0.320. The van der Waals surface area contributed by atoms with Gasteiger partial charge in [0, 0.05) is 50.8 Å². The Morgan fingerprint density at radius 2 is 2.00 bits per heavy atom. The molecule has 1 atom stereocenters. The van der Waals surface area contributed by atoms with E-state index in [0.29, 0.717) is 11.8 Å². The van der Waals surface area contributed by atoms with Gasteiger partial charge in [-0.05, 0) is 48.9 Å². The molecule has 0 aliphatic carbocycles. The number of aromatic nitrogens is 3. The van der Waals surface area contributed by atoms with Crippen LogP contribution in [0.15, 0.2) is 53.2 Å². The largest absolute Gasteiger partial charge is 0.420 e. The lowest BCUT2D eigenvalue weighted by atomic mass is 10.1. The third kappa shape index (κ3) is 3.60. The summed E-state index contributed by atoms with van der Waals surface area (Å²) in [6.07, 6.45) is 4.78. The molecular weight excluding hydrogens is 326 g/mol. The summed E-state index contributed by atoms with van der Waals surface area (Å²) in [6.45, 7) is 2.89. The number of nitrogens with zero attached hydrogens (tertiary/aromatic N) is 5. The van der Waals surface area contributed by atoms with Crippen molar-refractivity contribution < 1.29 is 4.42 Å². The van der Waals surface area contributed by atoms with Crippen molar-refractivity contribution in [2.75, 3.05) is 32.1 Å². The molecule has 134 valence electrons. The first-order valence-corrected chi connectivity index (χ1v) is 8.91. The van der Waals surface area contributed by atoms with E-state index in [4.69, 9.17) is 4.42 Å². The van der Waals surface area contributed by atoms with Gasteiger partial charge in [-0.25, -0.2) is 0 Å². The van der Waals surface area contributed by atoms with E-state index in [2.05, 4.69) is 43.2 Å². The molecule has 0 saturated carbocycles. The highest BCUT2D eigenvalue weighted by atomic mass is 16.4. The summed E-state index contributed by atoms with van der Waals surface area (Å²) >= 11 is 0. The van der Waals surface area contributed by atoms with Crippen LogP contribution < -0.4 is 4.90 Å². The SMILES string of the molecule is CN(C)c1ccc(-c2nnc(C3CCN(Cc4cccnc4)C3)o2)cc1. The van der Waals surface area contributed by atoms with Gasteiger partial charge in [0.05, 0.1) is 5.92 Å². The van der Waals surface area contributed by atoms with Gasteiger partial charge in [0.2, 0.25) is 11.8 Å². The molecule has 1 aliphatic rings. The van der Waals surface area contributed by atoms with Gasteiger partial charge in [-0.1, -0.05) is 6.07 Å². The predicted molar refractivity (Wildman–Crippen MR) is 101 cm³/mol. The van der Waals surface area contributed by atoms with Crippen molar-refractivity contribution in [1.82, 2.24) is 20.1 Å². The molecule has 26 heavy (non-hydrogen) atoms. The molecule has 0 N–H and O–H groups in total. The number of benzene rings is 1. The number of rotatable bonds is 5. The van der Waals surface area contributed by atoms with Crippen molar-refractivity contribution in [3.63, 3.8) is 0 Å². The maximum atomic E-state index is 5.98. The molecule has 6 heteroatoms. The quantitative estimate of drug-likeness (QED) is 0.705. The van der Waals surface area contributed by atoms with E-state index >= 15 is 0 Å². The summed E-state index contributed by atoms with van der Waals surface area (Å²) in [5, 5.41) is 8.56. The molecule has 1 unspecified atom stereocenters. The summed E-state index contributed by atoms with van der Waals surface area (Å²) < 4.78 is 5.98. The average molecular weight is 349 g/mol. The maximum Gasteiger partial charge on any atom is 0.247 e. The minimum absolute atomic E-state index is 0.300. The Kier molecular flexibility index (Phi) is 4.67. The molecule has 3 heterocycles. The van der Waals surface area contributed by atoms with Gasteiger partial charge >= 0.3 is 0 Å². The second-order valence-corrected chi connectivity index (χ2v) is 6.97. The molecule has 6 nitrogen and oxygen atoms in total. The molecular formula is C20H23N5O. The van der Waals surface area contributed by atoms with Gasteiger partial charge in [-0.2, -0.15) is 0 Å². The molecule has 3 aromatic rings. The van der Waals surface area contributed by atoms with Crippen LogP contribution in [0.25, 0.3) is 11.5 Å². The van der Waals surface area contributed by atoms with Crippen molar-refractivity contribution in [2.24, 2.45) is 0 Å². The van der Waals surface area contributed by atoms with Crippen LogP contribution in [0.1, 0.15) is 23.8 Å². The predicted octanol–water partition coefficient (Wildman–Crippen LogP) is 3.19. The maximum absolute atomic E-state index is 5.98. The molecule has 0 spiro atoms. The number of hydrogen-bond donors (Lipinski definition) is 0. The summed E-state index contributed by atoms with van der Waals surface area (Å²) in [5.41, 5.74) is 3.34. The van der Waals surface area contributed by atoms with Crippen molar-refractivity contribution in [3.8, 4) is 11.5 Å². The van der Waals surface area contributed by atoms with Gasteiger partial charge < -0.3 is 9.32 Å². The van der Waals surface area contributed by atoms with E-state index in [9.17, 15) is 0 Å². The normalized spacial score (nSPS) is 17.5. The number of likely N-dealkylation sites (tertiary alicyclic amines) is 1. The lowest BCUT2D eigenvalue weighted by Gasteiger charge is -2.14. The number of pyridine rings is 1. The Morgan fingerprint density at radius 1 is 1.15 bits per heavy atom. The Labute approximate surface area is 153 Å². The smallest absolute Gasteiger partial charge is 0.247 e. The lowest BCUT2D eigenvalue weighted by Crippen LogP contribution is -2.19. The molecule has 0 bridgehead atoms. The standard InChI is InChI=1S/C20H23N5O/c1-24(2)18-7-5-16(6-8-18)19-22-23-20(26-19)17-9-11-25(14-17)13-15-4-3-10-21-12-15/h3-8,10,12,17H,9,11,13-14H2,1-2H3. The van der Waals surface area contributed by atoms with E-state index in [-0.39, 0.29) is 0 Å². The van der Waals surface area contributed by atoms with E-state index < -0.39 is 0 Å². The highest BCUT2D eigenvalue weighted by Crippen LogP contribution is 2.29. The Bertz CT molecular complexity index is 844. The van der Waals surface area contributed by atoms with E-state index in [1.165, 1.54) is 5.56 Å². The Morgan fingerprint density at radius 3 is 2.73 bits per heavy atom. The zero-order valence-electron chi connectivity index (χ0n) is 15.2. The highest BCUT2D eigenvalue weighted by molar-refractivity contribution is 5.58. The molecule has 1 fully saturated rings. The third-order valence-electron chi connectivity index (χ3n) is 4.82. The fraction of sp³-hybridized carbons (Fsp3) is 0.350. The zero-order chi connectivity index (χ0) is 17.9. The van der Waals surface area contributed by atoms with E-state index in [0.717, 1.165) is 43.2 Å². The van der Waals surface area contributed by atoms with Crippen molar-refractivity contribution >= 4 is 5.69 Å². The summed E-state index contributed by atoms with van der Waals surface area (Å²) in [5.74, 6) is 1.63. The highest BCUT2D eigenvalue weighted by Gasteiger charge is 2.28. The van der Waals surface area contributed by atoms with Crippen LogP contribution in [-0.2, 0) is 6.54 Å². The minimum Gasteiger partial charge on any atom is -0.420 e. The van der Waals surface area contributed by atoms with Crippen LogP contribution in [0.2, 0.25) is 0 Å². The van der Waals surface area contributed by atoms with Crippen LogP contribution in [-0.4, -0.2) is 47.3 Å². The van der Waals surface area contributed by atoms with Crippen molar-refractivity contribution in [2.45, 2.75) is 18.9 Å². The average Bonchev–Trinajstić information content (AvgIpc) is 3.32. The van der Waals surface area contributed by atoms with E-state index in [1.807, 2.05) is 38.5 Å². The fourth-order valence-electron chi connectivity index (χ4n) is 3.35. The van der Waals surface area contributed by atoms with Gasteiger partial charge in [0.25, 0.3) is 0 Å². The number of anilines is 1. The zero-order valence-corrected chi connectivity index (χ0v) is 15.2. The summed E-state index contributed by atoms with van der Waals surface area (Å²) in [7, 11) is 4.05. The third-order valence-corrected chi connectivity index (χ3v) is 4.82. The molecule has 4 rings (SSSR count). The monoisotopic (exact) mass is 349 g/mol. The molecule has 0 amide bonds. The molecule has 0 radical (unpaired) electrons. The van der Waals surface area contributed by atoms with Gasteiger partial charge in [0.15, 0.2) is 0 Å². The summed E-state index contributed by atoms with van der Waals surface area (Å²) in [6, 6.07) is 12.3. The fourth-order valence-corrected chi connectivity index (χ4v) is 3.35. The minimum atomic E-state index is 0.300. The van der Waals surface area contributed by atoms with Gasteiger partial charge in [0.1, 0.15) is 0 Å². The Balaban J connectivity index is 1.42. The first-order valence-electron chi connectivity index (χ1n) is 8.91. The van der Waals surface area contributed by atoms with Crippen LogP contribution >= 0.6 is 0 Å². The summed E-state index contributed by atoms with van der Waals surface area (Å²) in [4.78, 5) is 8.67.